The van der Waals surface area contributed by atoms with Crippen molar-refractivity contribution in [3.63, 3.8) is 0 Å². The zero-order chi connectivity index (χ0) is 31.5. The van der Waals surface area contributed by atoms with Gasteiger partial charge in [0.1, 0.15) is 5.60 Å². The number of carbonyl (C=O) groups is 2. The second-order valence-electron chi connectivity index (χ2n) is 13.0. The van der Waals surface area contributed by atoms with Crippen LogP contribution in [0.1, 0.15) is 125 Å². The Labute approximate surface area is 256 Å². The summed E-state index contributed by atoms with van der Waals surface area (Å²) in [5.41, 5.74) is 3.02. The molecule has 1 aromatic heterocycles. The highest BCUT2D eigenvalue weighted by Gasteiger charge is 2.28. The standard InChI is InChI=1S/C34H46N4O4S/c1-22(2)27-18-25(30(39)17-24-13-9-7-10-14-24)19-28(23(3)4)29(27)20-32(40)37-43(35,42)33-21-31(34(5,6)41)38(36-33)26-15-11-8-12-16-26/h8,11-12,15-16,18-19,21-24,41H,7,9-10,13-14,17,20H2,1-6H3,(H2,35,37,40,42). The number of hydrogen-bond acceptors (Lipinski definition) is 5. The molecule has 9 heteroatoms. The third-order valence-corrected chi connectivity index (χ3v) is 9.54. The Bertz CT molecular complexity index is 1560. The predicted octanol–water partition coefficient (Wildman–Crippen LogP) is 6.97. The maximum absolute atomic E-state index is 13.7. The topological polar surface area (TPSA) is 128 Å². The van der Waals surface area contributed by atoms with Gasteiger partial charge in [-0.15, -0.1) is 4.36 Å². The fourth-order valence-corrected chi connectivity index (χ4v) is 6.91. The van der Waals surface area contributed by atoms with Crippen molar-refractivity contribution in [2.45, 2.75) is 109 Å². The van der Waals surface area contributed by atoms with E-state index in [-0.39, 0.29) is 29.1 Å². The van der Waals surface area contributed by atoms with E-state index in [9.17, 15) is 18.9 Å². The summed E-state index contributed by atoms with van der Waals surface area (Å²) in [5, 5.41) is 21.3. The number of nitrogens with zero attached hydrogens (tertiary/aromatic N) is 3. The molecule has 43 heavy (non-hydrogen) atoms. The van der Waals surface area contributed by atoms with Gasteiger partial charge in [-0.25, -0.2) is 14.0 Å². The molecule has 1 aliphatic carbocycles. The number of hydrogen-bond donors (Lipinski definition) is 2. The molecule has 3 N–H and O–H groups in total. The maximum Gasteiger partial charge on any atom is 0.259 e. The molecule has 1 aliphatic rings. The van der Waals surface area contributed by atoms with Crippen LogP contribution in [0, 0.1) is 5.92 Å². The number of Topliss-reactive ketones (excluding diaryl/α,β-unsaturated/α-hetero) is 1. The number of aliphatic hydroxyl groups is 1. The van der Waals surface area contributed by atoms with E-state index in [1.165, 1.54) is 30.0 Å². The molecule has 1 heterocycles. The molecule has 4 rings (SSSR count). The molecule has 232 valence electrons. The number of benzene rings is 2. The molecule has 1 unspecified atom stereocenters. The molecule has 0 spiro atoms. The Kier molecular flexibility index (Phi) is 10.1. The lowest BCUT2D eigenvalue weighted by molar-refractivity contribution is -0.117. The first-order valence-electron chi connectivity index (χ1n) is 15.3. The van der Waals surface area contributed by atoms with Crippen molar-refractivity contribution in [1.82, 2.24) is 9.78 Å². The Morgan fingerprint density at radius 1 is 1.02 bits per heavy atom. The van der Waals surface area contributed by atoms with E-state index in [2.05, 4.69) is 9.46 Å². The Morgan fingerprint density at radius 3 is 2.14 bits per heavy atom. The van der Waals surface area contributed by atoms with E-state index >= 15 is 0 Å². The minimum Gasteiger partial charge on any atom is -0.384 e. The van der Waals surface area contributed by atoms with Crippen LogP contribution in [0.4, 0.5) is 0 Å². The third kappa shape index (κ3) is 7.88. The van der Waals surface area contributed by atoms with Crippen LogP contribution in [0.3, 0.4) is 0 Å². The lowest BCUT2D eigenvalue weighted by Gasteiger charge is -2.23. The van der Waals surface area contributed by atoms with Crippen LogP contribution < -0.4 is 5.14 Å². The molecule has 3 aromatic rings. The molecular formula is C34H46N4O4S. The molecule has 1 saturated carbocycles. The summed E-state index contributed by atoms with van der Waals surface area (Å²) in [6.45, 7) is 11.4. The zero-order valence-corrected chi connectivity index (χ0v) is 27.1. The summed E-state index contributed by atoms with van der Waals surface area (Å²) in [6, 6.07) is 14.4. The minimum atomic E-state index is -3.73. The van der Waals surface area contributed by atoms with Crippen molar-refractivity contribution in [2.24, 2.45) is 15.4 Å². The number of carbonyl (C=O) groups excluding carboxylic acids is 2. The molecular weight excluding hydrogens is 560 g/mol. The first-order valence-corrected chi connectivity index (χ1v) is 16.9. The lowest BCUT2D eigenvalue weighted by Crippen LogP contribution is -2.20. The Hall–Kier alpha value is -3.14. The number of aromatic nitrogens is 2. The van der Waals surface area contributed by atoms with Crippen LogP contribution in [0.15, 0.2) is 57.9 Å². The van der Waals surface area contributed by atoms with Gasteiger partial charge < -0.3 is 5.11 Å². The van der Waals surface area contributed by atoms with Crippen molar-refractivity contribution < 1.29 is 18.9 Å². The first-order chi connectivity index (χ1) is 20.2. The van der Waals surface area contributed by atoms with E-state index in [4.69, 9.17) is 5.14 Å². The summed E-state index contributed by atoms with van der Waals surface area (Å²) >= 11 is 0. The normalized spacial score (nSPS) is 16.0. The van der Waals surface area contributed by atoms with Crippen LogP contribution >= 0.6 is 0 Å². The predicted molar refractivity (Wildman–Crippen MR) is 171 cm³/mol. The summed E-state index contributed by atoms with van der Waals surface area (Å²) in [4.78, 5) is 26.8. The quantitative estimate of drug-likeness (QED) is 0.241. The van der Waals surface area contributed by atoms with Crippen LogP contribution in [-0.2, 0) is 26.7 Å². The fraction of sp³-hybridized carbons (Fsp3) is 0.500. The van der Waals surface area contributed by atoms with Crippen LogP contribution in [-0.4, -0.2) is 30.8 Å². The van der Waals surface area contributed by atoms with Crippen molar-refractivity contribution >= 4 is 21.6 Å². The molecule has 2 aromatic carbocycles. The van der Waals surface area contributed by atoms with Crippen molar-refractivity contribution in [1.29, 1.82) is 0 Å². The van der Waals surface area contributed by atoms with Gasteiger partial charge in [0.15, 0.2) is 20.7 Å². The SMILES string of the molecule is CC(C)c1cc(C(=O)CC2CCCCC2)cc(C(C)C)c1CC(=O)N=S(N)(=O)c1cc(C(C)(C)O)n(-c2ccccc2)n1. The first kappa shape index (κ1) is 32.8. The molecule has 0 bridgehead atoms. The van der Waals surface area contributed by atoms with Gasteiger partial charge in [-0.2, -0.15) is 5.10 Å². The van der Waals surface area contributed by atoms with Crippen LogP contribution in [0.25, 0.3) is 5.69 Å². The largest absolute Gasteiger partial charge is 0.384 e. The van der Waals surface area contributed by atoms with Gasteiger partial charge in [0, 0.05) is 18.1 Å². The van der Waals surface area contributed by atoms with E-state index < -0.39 is 21.4 Å². The van der Waals surface area contributed by atoms with Crippen molar-refractivity contribution in [3.05, 3.63) is 76.5 Å². The smallest absolute Gasteiger partial charge is 0.259 e. The lowest BCUT2D eigenvalue weighted by atomic mass is 9.81. The van der Waals surface area contributed by atoms with E-state index in [0.29, 0.717) is 29.3 Å². The highest BCUT2D eigenvalue weighted by Crippen LogP contribution is 2.33. The van der Waals surface area contributed by atoms with Gasteiger partial charge in [0.05, 0.1) is 17.8 Å². The van der Waals surface area contributed by atoms with Gasteiger partial charge in [-0.1, -0.05) is 78.0 Å². The van der Waals surface area contributed by atoms with Crippen LogP contribution in [0.2, 0.25) is 0 Å². The van der Waals surface area contributed by atoms with Gasteiger partial charge in [-0.05, 0) is 72.6 Å². The molecule has 1 amide bonds. The second-order valence-corrected chi connectivity index (χ2v) is 14.7. The number of rotatable bonds is 10. The zero-order valence-electron chi connectivity index (χ0n) is 26.3. The number of amides is 1. The third-order valence-electron chi connectivity index (χ3n) is 8.26. The van der Waals surface area contributed by atoms with E-state index in [1.54, 1.807) is 26.0 Å². The number of nitrogens with two attached hydrogens (primary N) is 1. The van der Waals surface area contributed by atoms with Gasteiger partial charge in [0.25, 0.3) is 5.91 Å². The molecule has 0 aliphatic heterocycles. The maximum atomic E-state index is 13.7. The van der Waals surface area contributed by atoms with E-state index in [1.807, 2.05) is 58.0 Å². The highest BCUT2D eigenvalue weighted by molar-refractivity contribution is 7.91. The second kappa shape index (κ2) is 13.2. The monoisotopic (exact) mass is 606 g/mol. The average molecular weight is 607 g/mol. The van der Waals surface area contributed by atoms with Crippen molar-refractivity contribution in [2.75, 3.05) is 0 Å². The Balaban J connectivity index is 1.69. The van der Waals surface area contributed by atoms with E-state index in [0.717, 1.165) is 29.5 Å². The summed E-state index contributed by atoms with van der Waals surface area (Å²) in [5.74, 6) is 0.0737. The minimum absolute atomic E-state index is 0.0564. The fourth-order valence-electron chi connectivity index (χ4n) is 5.97. The summed E-state index contributed by atoms with van der Waals surface area (Å²) in [6.07, 6.45) is 6.29. The highest BCUT2D eigenvalue weighted by atomic mass is 32.2. The van der Waals surface area contributed by atoms with Crippen molar-refractivity contribution in [3.8, 4) is 5.69 Å². The summed E-state index contributed by atoms with van der Waals surface area (Å²) in [7, 11) is -3.73. The Morgan fingerprint density at radius 2 is 1.60 bits per heavy atom. The van der Waals surface area contributed by atoms with Gasteiger partial charge in [-0.3, -0.25) is 9.59 Å². The molecule has 1 atom stereocenters. The molecule has 0 saturated heterocycles. The number of para-hydroxylation sites is 1. The number of ketones is 1. The van der Waals surface area contributed by atoms with Gasteiger partial charge >= 0.3 is 0 Å². The van der Waals surface area contributed by atoms with Gasteiger partial charge in [0.2, 0.25) is 0 Å². The molecule has 0 radical (unpaired) electrons. The summed E-state index contributed by atoms with van der Waals surface area (Å²) < 4.78 is 19.1. The van der Waals surface area contributed by atoms with Crippen LogP contribution in [0.5, 0.6) is 0 Å². The average Bonchev–Trinajstić information content (AvgIpc) is 3.41. The molecule has 1 fully saturated rings. The molecule has 8 nitrogen and oxygen atoms in total.